The minimum Gasteiger partial charge on any atom is -0.445 e. The maximum absolute atomic E-state index is 13.4. The number of rotatable bonds is 8. The maximum Gasteiger partial charge on any atom is 0.408 e. The van der Waals surface area contributed by atoms with Crippen molar-refractivity contribution in [3.63, 3.8) is 0 Å². The van der Waals surface area contributed by atoms with E-state index in [4.69, 9.17) is 4.74 Å². The zero-order valence-electron chi connectivity index (χ0n) is 20.1. The van der Waals surface area contributed by atoms with Gasteiger partial charge in [-0.3, -0.25) is 4.79 Å². The monoisotopic (exact) mass is 477 g/mol. The van der Waals surface area contributed by atoms with E-state index in [0.717, 1.165) is 17.7 Å². The molecule has 4 rings (SSSR count). The van der Waals surface area contributed by atoms with Crippen LogP contribution in [0.5, 0.6) is 0 Å². The lowest BCUT2D eigenvalue weighted by Crippen LogP contribution is -2.57. The zero-order chi connectivity index (χ0) is 24.6. The number of benzene rings is 2. The maximum atomic E-state index is 13.4. The first-order valence-electron chi connectivity index (χ1n) is 11.9. The number of para-hydroxylation sites is 1. The van der Waals surface area contributed by atoms with Gasteiger partial charge in [-0.15, -0.1) is 0 Å². The highest BCUT2D eigenvalue weighted by Gasteiger charge is 2.33. The van der Waals surface area contributed by atoms with Gasteiger partial charge in [-0.25, -0.2) is 4.79 Å². The first-order chi connectivity index (χ1) is 17.1. The molecule has 0 unspecified atom stereocenters. The number of ether oxygens (including phenoxy) is 1. The van der Waals surface area contributed by atoms with Crippen LogP contribution in [-0.2, 0) is 16.1 Å². The number of amides is 2. The van der Waals surface area contributed by atoms with Gasteiger partial charge in [0, 0.05) is 26.2 Å². The van der Waals surface area contributed by atoms with Crippen LogP contribution in [0.15, 0.2) is 60.7 Å². The molecule has 2 atom stereocenters. The predicted octanol–water partition coefficient (Wildman–Crippen LogP) is 2.65. The van der Waals surface area contributed by atoms with E-state index in [-0.39, 0.29) is 18.4 Å². The summed E-state index contributed by atoms with van der Waals surface area (Å²) in [5.41, 5.74) is 1.77. The summed E-state index contributed by atoms with van der Waals surface area (Å²) >= 11 is 0. The molecule has 0 spiro atoms. The van der Waals surface area contributed by atoms with Crippen molar-refractivity contribution in [2.24, 2.45) is 5.92 Å². The zero-order valence-corrected chi connectivity index (χ0v) is 20.1. The molecule has 3 aromatic rings. The number of nitrogens with one attached hydrogen (secondary N) is 1. The highest BCUT2D eigenvalue weighted by atomic mass is 16.5. The number of nitrogens with zero attached hydrogens (tertiary/aromatic N) is 6. The fourth-order valence-electron chi connectivity index (χ4n) is 4.01. The molecule has 1 fully saturated rings. The Morgan fingerprint density at radius 2 is 1.66 bits per heavy atom. The van der Waals surface area contributed by atoms with Gasteiger partial charge in [0.05, 0.1) is 5.69 Å². The molecule has 1 aliphatic heterocycles. The van der Waals surface area contributed by atoms with E-state index < -0.39 is 12.1 Å². The Hall–Kier alpha value is -3.95. The van der Waals surface area contributed by atoms with Crippen LogP contribution in [0, 0.1) is 5.92 Å². The van der Waals surface area contributed by atoms with Gasteiger partial charge in [-0.2, -0.15) is 4.68 Å². The van der Waals surface area contributed by atoms with Crippen molar-refractivity contribution in [3.05, 3.63) is 66.2 Å². The summed E-state index contributed by atoms with van der Waals surface area (Å²) in [5.74, 6) is 0.512. The molecule has 0 radical (unpaired) electrons. The lowest BCUT2D eigenvalue weighted by atomic mass is 9.97. The number of carbonyl (C=O) groups excluding carboxylic acids is 2. The number of hydrogen-bond donors (Lipinski definition) is 1. The van der Waals surface area contributed by atoms with Crippen LogP contribution in [0.25, 0.3) is 5.69 Å². The second kappa shape index (κ2) is 11.5. The van der Waals surface area contributed by atoms with Gasteiger partial charge in [-0.1, -0.05) is 73.9 Å². The lowest BCUT2D eigenvalue weighted by molar-refractivity contribution is -0.135. The summed E-state index contributed by atoms with van der Waals surface area (Å²) in [7, 11) is 0. The van der Waals surface area contributed by atoms with Gasteiger partial charge in [0.25, 0.3) is 0 Å². The van der Waals surface area contributed by atoms with Crippen LogP contribution in [0.3, 0.4) is 0 Å². The predicted molar refractivity (Wildman–Crippen MR) is 131 cm³/mol. The highest BCUT2D eigenvalue weighted by molar-refractivity contribution is 5.86. The summed E-state index contributed by atoms with van der Waals surface area (Å²) in [5, 5.41) is 15.0. The van der Waals surface area contributed by atoms with Crippen molar-refractivity contribution in [1.82, 2.24) is 30.4 Å². The first-order valence-corrected chi connectivity index (χ1v) is 11.9. The Kier molecular flexibility index (Phi) is 7.92. The molecule has 2 aromatic carbocycles. The minimum absolute atomic E-state index is 0.0322. The standard InChI is InChI=1S/C25H31N7O3/c1-3-19(2)22(26-25(34)35-18-20-10-6-4-7-11-20)23(33)30-14-16-31(17-15-30)24-27-28-29-32(24)21-12-8-5-9-13-21/h4-13,19,22H,3,14-18H2,1-2H3,(H,26,34)/t19-,22-/m0/s1. The van der Waals surface area contributed by atoms with Crippen LogP contribution < -0.4 is 10.2 Å². The molecule has 184 valence electrons. The smallest absolute Gasteiger partial charge is 0.408 e. The third-order valence-corrected chi connectivity index (χ3v) is 6.29. The van der Waals surface area contributed by atoms with Gasteiger partial charge in [0.15, 0.2) is 0 Å². The highest BCUT2D eigenvalue weighted by Crippen LogP contribution is 2.19. The lowest BCUT2D eigenvalue weighted by Gasteiger charge is -2.37. The third kappa shape index (κ3) is 5.95. The number of tetrazole rings is 1. The molecular weight excluding hydrogens is 446 g/mol. The van der Waals surface area contributed by atoms with E-state index in [2.05, 4.69) is 25.7 Å². The molecule has 1 aliphatic rings. The van der Waals surface area contributed by atoms with Gasteiger partial charge >= 0.3 is 6.09 Å². The fourth-order valence-corrected chi connectivity index (χ4v) is 4.01. The fraction of sp³-hybridized carbons (Fsp3) is 0.400. The number of piperazine rings is 1. The largest absolute Gasteiger partial charge is 0.445 e. The van der Waals surface area contributed by atoms with Crippen LogP contribution in [-0.4, -0.2) is 69.3 Å². The van der Waals surface area contributed by atoms with Gasteiger partial charge in [0.2, 0.25) is 11.9 Å². The van der Waals surface area contributed by atoms with Crippen LogP contribution in [0.4, 0.5) is 10.7 Å². The number of aromatic nitrogens is 4. The molecule has 1 saturated heterocycles. The van der Waals surface area contributed by atoms with E-state index in [1.54, 1.807) is 9.58 Å². The summed E-state index contributed by atoms with van der Waals surface area (Å²) in [6.07, 6.45) is 0.162. The van der Waals surface area contributed by atoms with Crippen LogP contribution in [0.1, 0.15) is 25.8 Å². The normalized spacial score (nSPS) is 15.4. The Morgan fingerprint density at radius 3 is 2.31 bits per heavy atom. The van der Waals surface area contributed by atoms with E-state index in [0.29, 0.717) is 32.1 Å². The summed E-state index contributed by atoms with van der Waals surface area (Å²) in [4.78, 5) is 29.7. The minimum atomic E-state index is -0.649. The molecule has 0 saturated carbocycles. The molecule has 0 bridgehead atoms. The van der Waals surface area contributed by atoms with Crippen molar-refractivity contribution >= 4 is 17.9 Å². The number of carbonyl (C=O) groups is 2. The second-order valence-electron chi connectivity index (χ2n) is 8.61. The molecule has 2 amide bonds. The molecule has 35 heavy (non-hydrogen) atoms. The number of hydrogen-bond acceptors (Lipinski definition) is 7. The van der Waals surface area contributed by atoms with E-state index in [1.165, 1.54) is 0 Å². The second-order valence-corrected chi connectivity index (χ2v) is 8.61. The summed E-state index contributed by atoms with van der Waals surface area (Å²) in [6.45, 7) is 6.31. The van der Waals surface area contributed by atoms with E-state index >= 15 is 0 Å². The average Bonchev–Trinajstić information content (AvgIpc) is 3.41. The Morgan fingerprint density at radius 1 is 1.00 bits per heavy atom. The number of alkyl carbamates (subject to hydrolysis) is 1. The van der Waals surface area contributed by atoms with Crippen molar-refractivity contribution in [2.75, 3.05) is 31.1 Å². The molecule has 0 aliphatic carbocycles. The van der Waals surface area contributed by atoms with Crippen molar-refractivity contribution < 1.29 is 14.3 Å². The molecule has 10 heteroatoms. The van der Waals surface area contributed by atoms with Crippen molar-refractivity contribution in [2.45, 2.75) is 32.9 Å². The van der Waals surface area contributed by atoms with Crippen LogP contribution >= 0.6 is 0 Å². The first kappa shape index (κ1) is 24.2. The molecule has 1 N–H and O–H groups in total. The third-order valence-electron chi connectivity index (χ3n) is 6.29. The Labute approximate surface area is 204 Å². The number of anilines is 1. The summed E-state index contributed by atoms with van der Waals surface area (Å²) < 4.78 is 7.06. The van der Waals surface area contributed by atoms with Gasteiger partial charge < -0.3 is 19.9 Å². The van der Waals surface area contributed by atoms with Crippen molar-refractivity contribution in [3.8, 4) is 5.69 Å². The average molecular weight is 478 g/mol. The molecule has 1 aromatic heterocycles. The van der Waals surface area contributed by atoms with Gasteiger partial charge in [-0.05, 0) is 34.0 Å². The van der Waals surface area contributed by atoms with E-state index in [1.807, 2.05) is 74.5 Å². The van der Waals surface area contributed by atoms with Crippen molar-refractivity contribution in [1.29, 1.82) is 0 Å². The topological polar surface area (TPSA) is 105 Å². The van der Waals surface area contributed by atoms with Gasteiger partial charge in [0.1, 0.15) is 12.6 Å². The quantitative estimate of drug-likeness (QED) is 0.532. The summed E-state index contributed by atoms with van der Waals surface area (Å²) in [6, 6.07) is 18.5. The Balaban J connectivity index is 1.35. The molecular formula is C25H31N7O3. The Bertz CT molecular complexity index is 1100. The SMILES string of the molecule is CC[C@H](C)[C@H](NC(=O)OCc1ccccc1)C(=O)N1CCN(c2nnnn2-c2ccccc2)CC1. The molecule has 10 nitrogen and oxygen atoms in total. The molecule has 2 heterocycles. The van der Waals surface area contributed by atoms with E-state index in [9.17, 15) is 9.59 Å². The van der Waals surface area contributed by atoms with Crippen LogP contribution in [0.2, 0.25) is 0 Å².